The SMILES string of the molecule is Cc1cnccc1NC(=O)c1ccc(Cl)cc1. The molecule has 2 aromatic rings. The predicted molar refractivity (Wildman–Crippen MR) is 68.4 cm³/mol. The van der Waals surface area contributed by atoms with Gasteiger partial charge in [0.05, 0.1) is 0 Å². The van der Waals surface area contributed by atoms with Gasteiger partial charge in [-0.15, -0.1) is 0 Å². The van der Waals surface area contributed by atoms with Crippen molar-refractivity contribution < 1.29 is 4.79 Å². The van der Waals surface area contributed by atoms with Gasteiger partial charge in [-0.1, -0.05) is 11.6 Å². The van der Waals surface area contributed by atoms with Gasteiger partial charge in [-0.05, 0) is 42.8 Å². The van der Waals surface area contributed by atoms with Gasteiger partial charge in [0.1, 0.15) is 0 Å². The summed E-state index contributed by atoms with van der Waals surface area (Å²) in [4.78, 5) is 15.9. The summed E-state index contributed by atoms with van der Waals surface area (Å²) in [5.41, 5.74) is 2.26. The lowest BCUT2D eigenvalue weighted by Gasteiger charge is -2.07. The number of aromatic nitrogens is 1. The van der Waals surface area contributed by atoms with Crippen LogP contribution in [0.4, 0.5) is 5.69 Å². The van der Waals surface area contributed by atoms with Crippen molar-refractivity contribution in [2.45, 2.75) is 6.92 Å². The van der Waals surface area contributed by atoms with Crippen molar-refractivity contribution in [1.29, 1.82) is 0 Å². The molecule has 0 saturated carbocycles. The number of benzene rings is 1. The van der Waals surface area contributed by atoms with Crippen LogP contribution < -0.4 is 5.32 Å². The summed E-state index contributed by atoms with van der Waals surface area (Å²) < 4.78 is 0. The smallest absolute Gasteiger partial charge is 0.255 e. The third-order valence-electron chi connectivity index (χ3n) is 2.37. The van der Waals surface area contributed by atoms with E-state index in [0.717, 1.165) is 11.3 Å². The van der Waals surface area contributed by atoms with Gasteiger partial charge in [-0.2, -0.15) is 0 Å². The number of halogens is 1. The highest BCUT2D eigenvalue weighted by Gasteiger charge is 2.06. The fraction of sp³-hybridized carbons (Fsp3) is 0.0769. The van der Waals surface area contributed by atoms with Crippen LogP contribution in [0.1, 0.15) is 15.9 Å². The Bertz CT molecular complexity index is 537. The molecular weight excluding hydrogens is 236 g/mol. The zero-order valence-corrected chi connectivity index (χ0v) is 10.0. The van der Waals surface area contributed by atoms with Crippen molar-refractivity contribution in [3.05, 3.63) is 58.9 Å². The first kappa shape index (κ1) is 11.6. The second-order valence-electron chi connectivity index (χ2n) is 3.65. The molecule has 0 aliphatic rings. The van der Waals surface area contributed by atoms with Gasteiger partial charge in [0.2, 0.25) is 0 Å². The molecule has 1 amide bonds. The number of carbonyl (C=O) groups is 1. The minimum absolute atomic E-state index is 0.157. The summed E-state index contributed by atoms with van der Waals surface area (Å²) >= 11 is 5.76. The lowest BCUT2D eigenvalue weighted by molar-refractivity contribution is 0.102. The summed E-state index contributed by atoms with van der Waals surface area (Å²) in [7, 11) is 0. The molecule has 0 aliphatic carbocycles. The van der Waals surface area contributed by atoms with Crippen LogP contribution in [0.5, 0.6) is 0 Å². The topological polar surface area (TPSA) is 42.0 Å². The van der Waals surface area contributed by atoms with Gasteiger partial charge in [-0.25, -0.2) is 0 Å². The Morgan fingerprint density at radius 3 is 2.59 bits per heavy atom. The van der Waals surface area contributed by atoms with Crippen molar-refractivity contribution in [2.75, 3.05) is 5.32 Å². The molecule has 0 radical (unpaired) electrons. The Kier molecular flexibility index (Phi) is 3.40. The molecule has 17 heavy (non-hydrogen) atoms. The van der Waals surface area contributed by atoms with Crippen LogP contribution in [0.2, 0.25) is 5.02 Å². The first-order valence-corrected chi connectivity index (χ1v) is 5.52. The Balaban J connectivity index is 2.17. The predicted octanol–water partition coefficient (Wildman–Crippen LogP) is 3.30. The molecule has 0 spiro atoms. The number of nitrogens with zero attached hydrogens (tertiary/aromatic N) is 1. The highest BCUT2D eigenvalue weighted by molar-refractivity contribution is 6.30. The highest BCUT2D eigenvalue weighted by atomic mass is 35.5. The maximum atomic E-state index is 11.9. The molecule has 1 N–H and O–H groups in total. The summed E-state index contributed by atoms with van der Waals surface area (Å²) in [6.07, 6.45) is 3.35. The number of hydrogen-bond donors (Lipinski definition) is 1. The maximum absolute atomic E-state index is 11.9. The third-order valence-corrected chi connectivity index (χ3v) is 2.63. The Hall–Kier alpha value is -1.87. The third kappa shape index (κ3) is 2.82. The maximum Gasteiger partial charge on any atom is 0.255 e. The molecule has 0 saturated heterocycles. The molecular formula is C13H11ClN2O. The van der Waals surface area contributed by atoms with Crippen LogP contribution in [0.15, 0.2) is 42.7 Å². The second-order valence-corrected chi connectivity index (χ2v) is 4.09. The average Bonchev–Trinajstić information content (AvgIpc) is 2.33. The van der Waals surface area contributed by atoms with Crippen molar-refractivity contribution in [2.24, 2.45) is 0 Å². The first-order valence-electron chi connectivity index (χ1n) is 5.14. The van der Waals surface area contributed by atoms with Gasteiger partial charge in [0.15, 0.2) is 0 Å². The zero-order valence-electron chi connectivity index (χ0n) is 9.27. The largest absolute Gasteiger partial charge is 0.322 e. The van der Waals surface area contributed by atoms with Gasteiger partial charge in [0, 0.05) is 28.7 Å². The van der Waals surface area contributed by atoms with Gasteiger partial charge in [0.25, 0.3) is 5.91 Å². The molecule has 1 aromatic carbocycles. The molecule has 0 bridgehead atoms. The van der Waals surface area contributed by atoms with Gasteiger partial charge >= 0.3 is 0 Å². The molecule has 3 nitrogen and oxygen atoms in total. The standard InChI is InChI=1S/C13H11ClN2O/c1-9-8-15-7-6-12(9)16-13(17)10-2-4-11(14)5-3-10/h2-8H,1H3,(H,15,16,17). The summed E-state index contributed by atoms with van der Waals surface area (Å²) in [5, 5.41) is 3.44. The van der Waals surface area contributed by atoms with E-state index < -0.39 is 0 Å². The molecule has 2 rings (SSSR count). The minimum Gasteiger partial charge on any atom is -0.322 e. The fourth-order valence-electron chi connectivity index (χ4n) is 1.41. The van der Waals surface area contributed by atoms with Crippen molar-refractivity contribution in [3.63, 3.8) is 0 Å². The van der Waals surface area contributed by atoms with E-state index in [9.17, 15) is 4.79 Å². The quantitative estimate of drug-likeness (QED) is 0.884. The summed E-state index contributed by atoms with van der Waals surface area (Å²) in [5.74, 6) is -0.157. The Morgan fingerprint density at radius 2 is 1.94 bits per heavy atom. The van der Waals surface area contributed by atoms with Crippen LogP contribution in [-0.2, 0) is 0 Å². The van der Waals surface area contributed by atoms with Crippen molar-refractivity contribution in [1.82, 2.24) is 4.98 Å². The molecule has 0 aliphatic heterocycles. The average molecular weight is 247 g/mol. The number of hydrogen-bond acceptors (Lipinski definition) is 2. The van der Waals surface area contributed by atoms with Crippen LogP contribution in [-0.4, -0.2) is 10.9 Å². The number of amides is 1. The number of nitrogens with one attached hydrogen (secondary N) is 1. The lowest BCUT2D eigenvalue weighted by atomic mass is 10.2. The lowest BCUT2D eigenvalue weighted by Crippen LogP contribution is -2.12. The van der Waals surface area contributed by atoms with E-state index in [0.29, 0.717) is 10.6 Å². The zero-order chi connectivity index (χ0) is 12.3. The van der Waals surface area contributed by atoms with E-state index in [1.807, 2.05) is 6.92 Å². The molecule has 86 valence electrons. The molecule has 1 heterocycles. The molecule has 0 unspecified atom stereocenters. The van der Waals surface area contributed by atoms with Crippen LogP contribution >= 0.6 is 11.6 Å². The number of rotatable bonds is 2. The monoisotopic (exact) mass is 246 g/mol. The normalized spacial score (nSPS) is 10.0. The van der Waals surface area contributed by atoms with E-state index in [1.165, 1.54) is 0 Å². The molecule has 0 atom stereocenters. The molecule has 1 aromatic heterocycles. The first-order chi connectivity index (χ1) is 8.16. The van der Waals surface area contributed by atoms with Crippen LogP contribution in [0.25, 0.3) is 0 Å². The fourth-order valence-corrected chi connectivity index (χ4v) is 1.54. The van der Waals surface area contributed by atoms with E-state index >= 15 is 0 Å². The van der Waals surface area contributed by atoms with Crippen molar-refractivity contribution in [3.8, 4) is 0 Å². The number of aryl methyl sites for hydroxylation is 1. The van der Waals surface area contributed by atoms with Crippen LogP contribution in [0, 0.1) is 6.92 Å². The number of carbonyl (C=O) groups excluding carboxylic acids is 1. The van der Waals surface area contributed by atoms with E-state index in [2.05, 4.69) is 10.3 Å². The minimum atomic E-state index is -0.157. The summed E-state index contributed by atoms with van der Waals surface area (Å²) in [6.45, 7) is 1.89. The second kappa shape index (κ2) is 4.97. The van der Waals surface area contributed by atoms with Gasteiger partial charge in [-0.3, -0.25) is 9.78 Å². The Morgan fingerprint density at radius 1 is 1.24 bits per heavy atom. The number of anilines is 1. The van der Waals surface area contributed by atoms with Crippen LogP contribution in [0.3, 0.4) is 0 Å². The Labute approximate surface area is 104 Å². The summed E-state index contributed by atoms with van der Waals surface area (Å²) in [6, 6.07) is 8.53. The van der Waals surface area contributed by atoms with Gasteiger partial charge < -0.3 is 5.32 Å². The molecule has 0 fully saturated rings. The number of pyridine rings is 1. The van der Waals surface area contributed by atoms with E-state index in [4.69, 9.17) is 11.6 Å². The molecule has 4 heteroatoms. The van der Waals surface area contributed by atoms with E-state index in [-0.39, 0.29) is 5.91 Å². The van der Waals surface area contributed by atoms with E-state index in [1.54, 1.807) is 42.7 Å². The highest BCUT2D eigenvalue weighted by Crippen LogP contribution is 2.14. The van der Waals surface area contributed by atoms with Crippen molar-refractivity contribution >= 4 is 23.2 Å².